The number of pyridine rings is 1. The van der Waals surface area contributed by atoms with Crippen LogP contribution in [-0.4, -0.2) is 37.1 Å². The van der Waals surface area contributed by atoms with Gasteiger partial charge in [-0.05, 0) is 44.0 Å². The van der Waals surface area contributed by atoms with Gasteiger partial charge >= 0.3 is 6.61 Å². The molecule has 6 nitrogen and oxygen atoms in total. The molecule has 3 heterocycles. The Morgan fingerprint density at radius 2 is 2.00 bits per heavy atom. The summed E-state index contributed by atoms with van der Waals surface area (Å²) in [7, 11) is 0. The summed E-state index contributed by atoms with van der Waals surface area (Å²) in [4.78, 5) is 7.61. The third-order valence-corrected chi connectivity index (χ3v) is 6.29. The lowest BCUT2D eigenvalue weighted by Crippen LogP contribution is -2.27. The molecule has 0 aliphatic heterocycles. The highest BCUT2D eigenvalue weighted by Crippen LogP contribution is 2.41. The van der Waals surface area contributed by atoms with Gasteiger partial charge < -0.3 is 14.8 Å². The lowest BCUT2D eigenvalue weighted by Gasteiger charge is -2.19. The van der Waals surface area contributed by atoms with Gasteiger partial charge in [0.15, 0.2) is 0 Å². The predicted octanol–water partition coefficient (Wildman–Crippen LogP) is 6.31. The van der Waals surface area contributed by atoms with E-state index in [2.05, 4.69) is 19.8 Å². The molecule has 0 amide bonds. The zero-order chi connectivity index (χ0) is 25.5. The number of nitrogens with zero attached hydrogens (tertiary/aromatic N) is 3. The molecule has 0 unspecified atom stereocenters. The van der Waals surface area contributed by atoms with Crippen molar-refractivity contribution < 1.29 is 23.0 Å². The summed E-state index contributed by atoms with van der Waals surface area (Å²) in [5.41, 5.74) is 3.10. The van der Waals surface area contributed by atoms with Crippen LogP contribution in [0.2, 0.25) is 5.02 Å². The van der Waals surface area contributed by atoms with Crippen molar-refractivity contribution in [2.45, 2.75) is 58.8 Å². The highest BCUT2D eigenvalue weighted by molar-refractivity contribution is 6.31. The molecule has 3 aromatic heterocycles. The number of fused-ring (bicyclic) bond motifs is 1. The first-order valence-corrected chi connectivity index (χ1v) is 11.5. The minimum atomic E-state index is -3.08. The van der Waals surface area contributed by atoms with Gasteiger partial charge in [0, 0.05) is 46.1 Å². The first-order valence-electron chi connectivity index (χ1n) is 11.2. The van der Waals surface area contributed by atoms with E-state index in [1.807, 2.05) is 13.0 Å². The van der Waals surface area contributed by atoms with Crippen molar-refractivity contribution in [3.8, 4) is 16.9 Å². The Hall–Kier alpha value is -3.04. The Morgan fingerprint density at radius 3 is 2.66 bits per heavy atom. The lowest BCUT2D eigenvalue weighted by molar-refractivity contribution is -0.0505. The number of aliphatic hydroxyl groups is 1. The normalized spacial score (nSPS) is 13.1. The second kappa shape index (κ2) is 9.54. The van der Waals surface area contributed by atoms with Gasteiger partial charge in [0.2, 0.25) is 0 Å². The van der Waals surface area contributed by atoms with Crippen molar-refractivity contribution in [3.05, 3.63) is 64.5 Å². The number of aromatic amines is 1. The van der Waals surface area contributed by atoms with Crippen LogP contribution < -0.4 is 4.74 Å². The maximum atomic E-state index is 14.3. The molecule has 0 saturated carbocycles. The highest BCUT2D eigenvalue weighted by Gasteiger charge is 2.25. The Labute approximate surface area is 205 Å². The van der Waals surface area contributed by atoms with Crippen LogP contribution in [0.4, 0.5) is 13.2 Å². The lowest BCUT2D eigenvalue weighted by atomic mass is 9.91. The smallest absolute Gasteiger partial charge is 0.387 e. The van der Waals surface area contributed by atoms with E-state index in [1.165, 1.54) is 0 Å². The van der Waals surface area contributed by atoms with Gasteiger partial charge in [0.1, 0.15) is 17.2 Å². The molecule has 35 heavy (non-hydrogen) atoms. The molecular weight excluding hydrogens is 481 g/mol. The summed E-state index contributed by atoms with van der Waals surface area (Å²) < 4.78 is 46.7. The van der Waals surface area contributed by atoms with Crippen molar-refractivity contribution in [2.24, 2.45) is 0 Å². The predicted molar refractivity (Wildman–Crippen MR) is 129 cm³/mol. The van der Waals surface area contributed by atoms with E-state index in [9.17, 15) is 18.3 Å². The summed E-state index contributed by atoms with van der Waals surface area (Å²) in [6.07, 6.45) is 5.85. The fourth-order valence-electron chi connectivity index (χ4n) is 4.36. The molecule has 1 atom stereocenters. The van der Waals surface area contributed by atoms with Crippen LogP contribution in [0, 0.1) is 5.82 Å². The minimum Gasteiger partial charge on any atom is -0.434 e. The monoisotopic (exact) mass is 506 g/mol. The van der Waals surface area contributed by atoms with Gasteiger partial charge in [-0.15, -0.1) is 0 Å². The number of nitrogens with one attached hydrogen (secondary N) is 1. The minimum absolute atomic E-state index is 0.130. The van der Waals surface area contributed by atoms with Gasteiger partial charge in [-0.25, -0.2) is 9.37 Å². The number of hydrogen-bond acceptors (Lipinski definition) is 4. The van der Waals surface area contributed by atoms with Crippen LogP contribution >= 0.6 is 11.6 Å². The second-order valence-corrected chi connectivity index (χ2v) is 9.44. The first kappa shape index (κ1) is 25.1. The number of aromatic nitrogens is 4. The molecule has 4 aromatic rings. The maximum Gasteiger partial charge on any atom is 0.387 e. The zero-order valence-corrected chi connectivity index (χ0v) is 20.5. The Morgan fingerprint density at radius 1 is 1.26 bits per heavy atom. The van der Waals surface area contributed by atoms with E-state index in [0.717, 1.165) is 34.3 Å². The van der Waals surface area contributed by atoms with Crippen molar-refractivity contribution in [1.82, 2.24) is 19.7 Å². The number of hydrogen-bond donors (Lipinski definition) is 2. The van der Waals surface area contributed by atoms with Crippen molar-refractivity contribution in [3.63, 3.8) is 0 Å². The van der Waals surface area contributed by atoms with E-state index in [4.69, 9.17) is 11.6 Å². The van der Waals surface area contributed by atoms with Gasteiger partial charge in [-0.2, -0.15) is 13.9 Å². The number of rotatable bonds is 8. The molecule has 4 rings (SSSR count). The number of alkyl halides is 2. The SMILES string of the molecule is CCc1c(-c2cnc3[nH]cc([C@H](C)c4c(OC(F)F)ccc(F)c4Cl)c3c2)cnn1CC(C)(C)O. The van der Waals surface area contributed by atoms with Crippen LogP contribution in [0.15, 0.2) is 36.8 Å². The molecule has 0 radical (unpaired) electrons. The van der Waals surface area contributed by atoms with Gasteiger partial charge in [0.05, 0.1) is 23.4 Å². The Balaban J connectivity index is 1.81. The fourth-order valence-corrected chi connectivity index (χ4v) is 4.68. The highest BCUT2D eigenvalue weighted by atomic mass is 35.5. The summed E-state index contributed by atoms with van der Waals surface area (Å²) >= 11 is 6.21. The van der Waals surface area contributed by atoms with E-state index >= 15 is 0 Å². The Bertz CT molecular complexity index is 1360. The van der Waals surface area contributed by atoms with Crippen LogP contribution in [0.25, 0.3) is 22.2 Å². The molecule has 0 aliphatic rings. The summed E-state index contributed by atoms with van der Waals surface area (Å²) in [6.45, 7) is 4.45. The standard InChI is InChI=1S/C25H26ClF3N4O2/c1-5-19-17(11-32-33(19)12-25(3,4)34)14-8-15-16(10-31-23(15)30-9-14)13(2)21-20(35-24(28)29)7-6-18(27)22(21)26/h6-11,13,24,34H,5,12H2,1-4H3,(H,30,31)/t13-/m0/s1. The number of halogens is 4. The molecule has 0 aliphatic carbocycles. The van der Waals surface area contributed by atoms with E-state index in [-0.39, 0.29) is 16.3 Å². The van der Waals surface area contributed by atoms with Gasteiger partial charge in [-0.1, -0.05) is 25.4 Å². The molecule has 0 fully saturated rings. The van der Waals surface area contributed by atoms with Gasteiger partial charge in [0.25, 0.3) is 0 Å². The van der Waals surface area contributed by atoms with Crippen LogP contribution in [0.1, 0.15) is 50.4 Å². The average Bonchev–Trinajstić information content (AvgIpc) is 3.37. The number of ether oxygens (including phenoxy) is 1. The topological polar surface area (TPSA) is 76.0 Å². The molecule has 1 aromatic carbocycles. The molecule has 0 saturated heterocycles. The van der Waals surface area contributed by atoms with Gasteiger partial charge in [-0.3, -0.25) is 4.68 Å². The summed E-state index contributed by atoms with van der Waals surface area (Å²) in [5, 5.41) is 15.2. The van der Waals surface area contributed by atoms with Crippen molar-refractivity contribution >= 4 is 22.6 Å². The molecule has 186 valence electrons. The quantitative estimate of drug-likeness (QED) is 0.294. The zero-order valence-electron chi connectivity index (χ0n) is 19.7. The van der Waals surface area contributed by atoms with Crippen LogP contribution in [-0.2, 0) is 13.0 Å². The molecular formula is C25H26ClF3N4O2. The number of benzene rings is 1. The summed E-state index contributed by atoms with van der Waals surface area (Å²) in [6, 6.07) is 4.08. The number of H-pyrrole nitrogens is 1. The van der Waals surface area contributed by atoms with Crippen molar-refractivity contribution in [1.29, 1.82) is 0 Å². The first-order chi connectivity index (χ1) is 16.5. The van der Waals surface area contributed by atoms with E-state index in [0.29, 0.717) is 24.2 Å². The molecule has 0 spiro atoms. The second-order valence-electron chi connectivity index (χ2n) is 9.07. The molecule has 10 heteroatoms. The molecule has 0 bridgehead atoms. The third-order valence-electron chi connectivity index (χ3n) is 5.90. The average molecular weight is 507 g/mol. The van der Waals surface area contributed by atoms with Crippen molar-refractivity contribution in [2.75, 3.05) is 0 Å². The van der Waals surface area contributed by atoms with Crippen LogP contribution in [0.3, 0.4) is 0 Å². The maximum absolute atomic E-state index is 14.3. The third kappa shape index (κ3) is 5.01. The Kier molecular flexibility index (Phi) is 6.83. The van der Waals surface area contributed by atoms with E-state index in [1.54, 1.807) is 44.0 Å². The fraction of sp³-hybridized carbons (Fsp3) is 0.360. The largest absolute Gasteiger partial charge is 0.434 e. The molecule has 2 N–H and O–H groups in total. The van der Waals surface area contributed by atoms with E-state index < -0.39 is 23.9 Å². The summed E-state index contributed by atoms with van der Waals surface area (Å²) in [5.74, 6) is -1.49. The van der Waals surface area contributed by atoms with Crippen LogP contribution in [0.5, 0.6) is 5.75 Å².